The van der Waals surface area contributed by atoms with Gasteiger partial charge in [-0.25, -0.2) is 4.98 Å². The molecule has 0 radical (unpaired) electrons. The first-order chi connectivity index (χ1) is 8.24. The molecule has 0 unspecified atom stereocenters. The van der Waals surface area contributed by atoms with Crippen molar-refractivity contribution in [2.45, 2.75) is 45.1 Å². The molecule has 1 aliphatic rings. The van der Waals surface area contributed by atoms with Gasteiger partial charge in [-0.3, -0.25) is 10.9 Å². The van der Waals surface area contributed by atoms with Crippen LogP contribution in [0, 0.1) is 6.92 Å². The van der Waals surface area contributed by atoms with Crippen LogP contribution < -0.4 is 16.2 Å². The Balaban J connectivity index is 1.70. The Morgan fingerprint density at radius 3 is 2.82 bits per heavy atom. The van der Waals surface area contributed by atoms with E-state index in [1.807, 2.05) is 12.3 Å². The summed E-state index contributed by atoms with van der Waals surface area (Å²) in [6, 6.07) is 0.531. The van der Waals surface area contributed by atoms with E-state index in [2.05, 4.69) is 21.2 Å². The molecule has 0 saturated heterocycles. The van der Waals surface area contributed by atoms with E-state index in [-0.39, 0.29) is 0 Å². The summed E-state index contributed by atoms with van der Waals surface area (Å²) < 4.78 is 0. The lowest BCUT2D eigenvalue weighted by molar-refractivity contribution is 0.412. The zero-order chi connectivity index (χ0) is 12.1. The Morgan fingerprint density at radius 2 is 2.18 bits per heavy atom. The molecule has 1 heterocycles. The van der Waals surface area contributed by atoms with Gasteiger partial charge in [-0.05, 0) is 32.0 Å². The normalized spacial score (nSPS) is 16.5. The van der Waals surface area contributed by atoms with Gasteiger partial charge in [0.25, 0.3) is 0 Å². The summed E-state index contributed by atoms with van der Waals surface area (Å²) in [5.41, 5.74) is 7.01. The molecule has 94 valence electrons. The van der Waals surface area contributed by atoms with Crippen molar-refractivity contribution >= 4 is 33.8 Å². The van der Waals surface area contributed by atoms with Gasteiger partial charge in [0.05, 0.1) is 5.69 Å². The lowest BCUT2D eigenvalue weighted by atomic mass is 9.96. The highest BCUT2D eigenvalue weighted by molar-refractivity contribution is 7.80. The molecule has 1 aromatic rings. The summed E-state index contributed by atoms with van der Waals surface area (Å²) in [5, 5.41) is 6.83. The van der Waals surface area contributed by atoms with Crippen LogP contribution in [0.15, 0.2) is 5.38 Å². The van der Waals surface area contributed by atoms with E-state index in [0.29, 0.717) is 11.2 Å². The van der Waals surface area contributed by atoms with Crippen LogP contribution in [0.4, 0.5) is 5.13 Å². The predicted octanol–water partition coefficient (Wildman–Crippen LogP) is 2.58. The number of rotatable bonds is 3. The number of anilines is 1. The standard InChI is InChI=1S/C11H18N4S2/c1-8-7-17-11(12-8)15-14-10(16)13-9-5-3-2-4-6-9/h7,9H,2-6H2,1H3,(H,12,15)(H2,13,14,16). The second-order valence-electron chi connectivity index (χ2n) is 4.35. The van der Waals surface area contributed by atoms with Crippen molar-refractivity contribution in [3.63, 3.8) is 0 Å². The molecular weight excluding hydrogens is 252 g/mol. The van der Waals surface area contributed by atoms with Crippen molar-refractivity contribution in [3.05, 3.63) is 11.1 Å². The predicted molar refractivity (Wildman–Crippen MR) is 76.2 cm³/mol. The number of hydrogen-bond donors (Lipinski definition) is 3. The average molecular weight is 270 g/mol. The number of nitrogens with one attached hydrogen (secondary N) is 3. The van der Waals surface area contributed by atoms with E-state index in [0.717, 1.165) is 10.8 Å². The Labute approximate surface area is 111 Å². The van der Waals surface area contributed by atoms with E-state index >= 15 is 0 Å². The van der Waals surface area contributed by atoms with Gasteiger partial charge in [-0.1, -0.05) is 19.3 Å². The molecule has 0 spiro atoms. The van der Waals surface area contributed by atoms with Gasteiger partial charge in [0.2, 0.25) is 5.13 Å². The number of aromatic nitrogens is 1. The second-order valence-corrected chi connectivity index (χ2v) is 5.62. The van der Waals surface area contributed by atoms with Gasteiger partial charge in [0.15, 0.2) is 5.11 Å². The van der Waals surface area contributed by atoms with Gasteiger partial charge >= 0.3 is 0 Å². The average Bonchev–Trinajstić information content (AvgIpc) is 2.74. The van der Waals surface area contributed by atoms with Crippen LogP contribution in [0.3, 0.4) is 0 Å². The van der Waals surface area contributed by atoms with E-state index in [4.69, 9.17) is 12.2 Å². The van der Waals surface area contributed by atoms with Crippen molar-refractivity contribution in [1.29, 1.82) is 0 Å². The molecule has 0 amide bonds. The first-order valence-electron chi connectivity index (χ1n) is 5.99. The highest BCUT2D eigenvalue weighted by Crippen LogP contribution is 2.17. The summed E-state index contributed by atoms with van der Waals surface area (Å²) in [7, 11) is 0. The third kappa shape index (κ3) is 4.12. The minimum atomic E-state index is 0.531. The molecule has 17 heavy (non-hydrogen) atoms. The highest BCUT2D eigenvalue weighted by Gasteiger charge is 2.13. The second kappa shape index (κ2) is 6.16. The molecule has 0 atom stereocenters. The van der Waals surface area contributed by atoms with Gasteiger partial charge in [0.1, 0.15) is 0 Å². The fourth-order valence-corrected chi connectivity index (χ4v) is 2.85. The van der Waals surface area contributed by atoms with Crippen molar-refractivity contribution in [2.75, 3.05) is 5.43 Å². The summed E-state index contributed by atoms with van der Waals surface area (Å²) in [5.74, 6) is 0. The van der Waals surface area contributed by atoms with Crippen molar-refractivity contribution < 1.29 is 0 Å². The first-order valence-corrected chi connectivity index (χ1v) is 7.27. The lowest BCUT2D eigenvalue weighted by Gasteiger charge is -2.24. The molecule has 0 aliphatic heterocycles. The smallest absolute Gasteiger partial charge is 0.201 e. The molecule has 3 N–H and O–H groups in total. The maximum Gasteiger partial charge on any atom is 0.201 e. The molecule has 0 bridgehead atoms. The van der Waals surface area contributed by atoms with Crippen molar-refractivity contribution in [3.8, 4) is 0 Å². The molecule has 0 aromatic carbocycles. The summed E-state index contributed by atoms with van der Waals surface area (Å²) >= 11 is 6.80. The third-order valence-corrected chi connectivity index (χ3v) is 3.94. The minimum absolute atomic E-state index is 0.531. The molecular formula is C11H18N4S2. The van der Waals surface area contributed by atoms with Crippen LogP contribution in [0.5, 0.6) is 0 Å². The molecule has 4 nitrogen and oxygen atoms in total. The topological polar surface area (TPSA) is 49.0 Å². The van der Waals surface area contributed by atoms with E-state index in [1.165, 1.54) is 32.1 Å². The summed E-state index contributed by atoms with van der Waals surface area (Å²) in [4.78, 5) is 4.29. The summed E-state index contributed by atoms with van der Waals surface area (Å²) in [6.45, 7) is 1.97. The lowest BCUT2D eigenvalue weighted by Crippen LogP contribution is -2.44. The van der Waals surface area contributed by atoms with Gasteiger partial charge in [0, 0.05) is 11.4 Å². The third-order valence-electron chi connectivity index (χ3n) is 2.84. The molecule has 2 rings (SSSR count). The fourth-order valence-electron chi connectivity index (χ4n) is 1.99. The Bertz CT molecular complexity index is 371. The SMILES string of the molecule is Cc1csc(NNC(=S)NC2CCCCC2)n1. The van der Waals surface area contributed by atoms with Gasteiger partial charge in [-0.2, -0.15) is 0 Å². The number of nitrogens with zero attached hydrogens (tertiary/aromatic N) is 1. The van der Waals surface area contributed by atoms with Gasteiger partial charge in [-0.15, -0.1) is 11.3 Å². The van der Waals surface area contributed by atoms with Crippen molar-refractivity contribution in [2.24, 2.45) is 0 Å². The molecule has 1 fully saturated rings. The van der Waals surface area contributed by atoms with E-state index in [9.17, 15) is 0 Å². The number of hydrazine groups is 1. The van der Waals surface area contributed by atoms with Crippen LogP contribution in [0.2, 0.25) is 0 Å². The molecule has 1 saturated carbocycles. The Morgan fingerprint density at radius 1 is 1.41 bits per heavy atom. The number of hydrogen-bond acceptors (Lipinski definition) is 4. The van der Waals surface area contributed by atoms with E-state index in [1.54, 1.807) is 11.3 Å². The monoisotopic (exact) mass is 270 g/mol. The number of thiocarbonyl (C=S) groups is 1. The largest absolute Gasteiger partial charge is 0.359 e. The number of thiazole rings is 1. The van der Waals surface area contributed by atoms with Gasteiger partial charge < -0.3 is 5.32 Å². The Kier molecular flexibility index (Phi) is 4.56. The zero-order valence-corrected chi connectivity index (χ0v) is 11.6. The quantitative estimate of drug-likeness (QED) is 0.582. The fraction of sp³-hybridized carbons (Fsp3) is 0.636. The summed E-state index contributed by atoms with van der Waals surface area (Å²) in [6.07, 6.45) is 6.41. The first kappa shape index (κ1) is 12.6. The van der Waals surface area contributed by atoms with Crippen LogP contribution >= 0.6 is 23.6 Å². The number of aryl methyl sites for hydroxylation is 1. The van der Waals surface area contributed by atoms with Crippen LogP contribution in [-0.4, -0.2) is 16.1 Å². The van der Waals surface area contributed by atoms with Crippen LogP contribution in [-0.2, 0) is 0 Å². The molecule has 1 aliphatic carbocycles. The molecule has 6 heteroatoms. The van der Waals surface area contributed by atoms with Crippen LogP contribution in [0.1, 0.15) is 37.8 Å². The maximum atomic E-state index is 5.23. The maximum absolute atomic E-state index is 5.23. The molecule has 1 aromatic heterocycles. The Hall–Kier alpha value is -0.880. The van der Waals surface area contributed by atoms with E-state index < -0.39 is 0 Å². The highest BCUT2D eigenvalue weighted by atomic mass is 32.1. The van der Waals surface area contributed by atoms with Crippen LogP contribution in [0.25, 0.3) is 0 Å². The van der Waals surface area contributed by atoms with Crippen molar-refractivity contribution in [1.82, 2.24) is 15.7 Å². The minimum Gasteiger partial charge on any atom is -0.359 e. The zero-order valence-electron chi connectivity index (χ0n) is 9.95.